The molecule has 6 heteroatoms. The van der Waals surface area contributed by atoms with Gasteiger partial charge in [-0.15, -0.1) is 6.58 Å². The van der Waals surface area contributed by atoms with E-state index in [-0.39, 0.29) is 19.1 Å². The summed E-state index contributed by atoms with van der Waals surface area (Å²) >= 11 is 0. The predicted molar refractivity (Wildman–Crippen MR) is 110 cm³/mol. The Balaban J connectivity index is 1.74. The van der Waals surface area contributed by atoms with E-state index in [1.165, 1.54) is 13.2 Å². The van der Waals surface area contributed by atoms with Gasteiger partial charge in [0.2, 0.25) is 0 Å². The Labute approximate surface area is 170 Å². The van der Waals surface area contributed by atoms with E-state index in [0.29, 0.717) is 0 Å². The molecule has 2 atom stereocenters. The fourth-order valence-electron chi connectivity index (χ4n) is 3.84. The van der Waals surface area contributed by atoms with E-state index in [1.54, 1.807) is 6.92 Å². The first kappa shape index (κ1) is 20.6. The molecular weight excluding hydrogens is 370 g/mol. The summed E-state index contributed by atoms with van der Waals surface area (Å²) in [6.45, 7) is 5.55. The molecule has 1 aliphatic rings. The van der Waals surface area contributed by atoms with Crippen LogP contribution in [0.1, 0.15) is 24.0 Å². The maximum atomic E-state index is 12.4. The molecule has 0 bridgehead atoms. The average molecular weight is 395 g/mol. The number of carboxylic acid groups (broad SMARTS) is 1. The van der Waals surface area contributed by atoms with Crippen LogP contribution < -0.4 is 5.32 Å². The number of rotatable bonds is 8. The molecule has 0 aliphatic heterocycles. The number of carbonyl (C=O) groups excluding carboxylic acids is 1. The largest absolute Gasteiger partial charge is 0.480 e. The van der Waals surface area contributed by atoms with Gasteiger partial charge in [-0.2, -0.15) is 0 Å². The van der Waals surface area contributed by atoms with Crippen LogP contribution in [0.3, 0.4) is 0 Å². The van der Waals surface area contributed by atoms with Crippen LogP contribution in [-0.2, 0) is 14.3 Å². The third kappa shape index (κ3) is 4.03. The molecule has 0 aromatic heterocycles. The maximum Gasteiger partial charge on any atom is 0.407 e. The van der Waals surface area contributed by atoms with Crippen LogP contribution in [0.25, 0.3) is 11.1 Å². The predicted octanol–water partition coefficient (Wildman–Crippen LogP) is 3.82. The number of benzene rings is 2. The summed E-state index contributed by atoms with van der Waals surface area (Å²) < 4.78 is 10.6. The number of carboxylic acids is 1. The second-order valence-electron chi connectivity index (χ2n) is 7.38. The van der Waals surface area contributed by atoms with Crippen LogP contribution >= 0.6 is 0 Å². The minimum absolute atomic E-state index is 0.0944. The lowest BCUT2D eigenvalue weighted by Gasteiger charge is -2.31. The van der Waals surface area contributed by atoms with Gasteiger partial charge in [0.15, 0.2) is 0 Å². The van der Waals surface area contributed by atoms with Crippen molar-refractivity contribution in [3.8, 4) is 11.1 Å². The van der Waals surface area contributed by atoms with Crippen LogP contribution in [-0.4, -0.2) is 43.5 Å². The molecule has 0 saturated carbocycles. The standard InChI is InChI=1S/C23H25NO5/c1-4-23(2,14-28-3)20(21(25)26)24-22(27)29-13-19-17-11-7-5-9-15(17)16-10-6-8-12-18(16)19/h4-12,19-20H,1,13-14H2,2-3H3,(H,24,27)(H,25,26)/t20-,23-/m0/s1. The van der Waals surface area contributed by atoms with Gasteiger partial charge in [0.05, 0.1) is 6.61 Å². The zero-order valence-corrected chi connectivity index (χ0v) is 16.6. The second kappa shape index (κ2) is 8.49. The third-order valence-corrected chi connectivity index (χ3v) is 5.43. The van der Waals surface area contributed by atoms with Crippen molar-refractivity contribution >= 4 is 12.1 Å². The number of carbonyl (C=O) groups is 2. The van der Waals surface area contributed by atoms with Crippen molar-refractivity contribution in [1.82, 2.24) is 5.32 Å². The molecule has 2 aromatic rings. The Bertz CT molecular complexity index is 879. The summed E-state index contributed by atoms with van der Waals surface area (Å²) in [5.74, 6) is -1.28. The molecule has 6 nitrogen and oxygen atoms in total. The van der Waals surface area contributed by atoms with Crippen molar-refractivity contribution in [3.63, 3.8) is 0 Å². The second-order valence-corrected chi connectivity index (χ2v) is 7.38. The summed E-state index contributed by atoms with van der Waals surface area (Å²) in [6.07, 6.45) is 0.683. The lowest BCUT2D eigenvalue weighted by atomic mass is 9.83. The molecule has 2 aromatic carbocycles. The van der Waals surface area contributed by atoms with E-state index in [1.807, 2.05) is 36.4 Å². The van der Waals surface area contributed by atoms with Crippen molar-refractivity contribution in [2.45, 2.75) is 18.9 Å². The first-order chi connectivity index (χ1) is 13.9. The van der Waals surface area contributed by atoms with Gasteiger partial charge in [-0.1, -0.05) is 61.5 Å². The maximum absolute atomic E-state index is 12.4. The van der Waals surface area contributed by atoms with Gasteiger partial charge in [0.25, 0.3) is 0 Å². The molecule has 0 radical (unpaired) electrons. The van der Waals surface area contributed by atoms with Gasteiger partial charge in [0, 0.05) is 18.4 Å². The Hall–Kier alpha value is -3.12. The van der Waals surface area contributed by atoms with Gasteiger partial charge in [-0.3, -0.25) is 0 Å². The Kier molecular flexibility index (Phi) is 6.03. The highest BCUT2D eigenvalue weighted by molar-refractivity contribution is 5.82. The van der Waals surface area contributed by atoms with E-state index >= 15 is 0 Å². The molecule has 0 spiro atoms. The number of amides is 1. The van der Waals surface area contributed by atoms with Gasteiger partial charge < -0.3 is 19.9 Å². The molecule has 0 saturated heterocycles. The number of fused-ring (bicyclic) bond motifs is 3. The number of alkyl carbamates (subject to hydrolysis) is 1. The zero-order chi connectivity index (χ0) is 21.0. The molecule has 29 heavy (non-hydrogen) atoms. The normalized spacial score (nSPS) is 15.5. The van der Waals surface area contributed by atoms with Crippen LogP contribution in [0.2, 0.25) is 0 Å². The molecule has 3 rings (SSSR count). The highest BCUT2D eigenvalue weighted by atomic mass is 16.5. The van der Waals surface area contributed by atoms with Crippen LogP contribution in [0.4, 0.5) is 4.79 Å². The van der Waals surface area contributed by atoms with Crippen LogP contribution in [0.15, 0.2) is 61.2 Å². The summed E-state index contributed by atoms with van der Waals surface area (Å²) in [7, 11) is 1.47. The fraction of sp³-hybridized carbons (Fsp3) is 0.304. The van der Waals surface area contributed by atoms with E-state index in [9.17, 15) is 14.7 Å². The van der Waals surface area contributed by atoms with Crippen molar-refractivity contribution < 1.29 is 24.2 Å². The van der Waals surface area contributed by atoms with E-state index < -0.39 is 23.5 Å². The van der Waals surface area contributed by atoms with Crippen molar-refractivity contribution in [2.24, 2.45) is 5.41 Å². The molecule has 0 heterocycles. The topological polar surface area (TPSA) is 84.9 Å². The zero-order valence-electron chi connectivity index (χ0n) is 16.6. The number of hydrogen-bond donors (Lipinski definition) is 2. The van der Waals surface area contributed by atoms with Crippen LogP contribution in [0.5, 0.6) is 0 Å². The number of nitrogens with one attached hydrogen (secondary N) is 1. The molecule has 0 unspecified atom stereocenters. The summed E-state index contributed by atoms with van der Waals surface area (Å²) in [6, 6.07) is 14.8. The molecule has 1 amide bonds. The number of methoxy groups -OCH3 is 1. The van der Waals surface area contributed by atoms with Gasteiger partial charge in [-0.05, 0) is 22.3 Å². The first-order valence-electron chi connectivity index (χ1n) is 9.38. The van der Waals surface area contributed by atoms with E-state index in [0.717, 1.165) is 22.3 Å². The van der Waals surface area contributed by atoms with E-state index in [4.69, 9.17) is 9.47 Å². The van der Waals surface area contributed by atoms with Gasteiger partial charge in [-0.25, -0.2) is 9.59 Å². The lowest BCUT2D eigenvalue weighted by Crippen LogP contribution is -2.52. The number of aliphatic carboxylic acids is 1. The monoisotopic (exact) mass is 395 g/mol. The van der Waals surface area contributed by atoms with Crippen molar-refractivity contribution in [3.05, 3.63) is 72.3 Å². The Morgan fingerprint density at radius 1 is 1.17 bits per heavy atom. The third-order valence-electron chi connectivity index (χ3n) is 5.43. The smallest absolute Gasteiger partial charge is 0.407 e. The minimum Gasteiger partial charge on any atom is -0.480 e. The van der Waals surface area contributed by atoms with Gasteiger partial charge in [0.1, 0.15) is 12.6 Å². The van der Waals surface area contributed by atoms with Gasteiger partial charge >= 0.3 is 12.1 Å². The summed E-state index contributed by atoms with van der Waals surface area (Å²) in [5.41, 5.74) is 3.45. The Morgan fingerprint density at radius 3 is 2.21 bits per heavy atom. The summed E-state index contributed by atoms with van der Waals surface area (Å²) in [5, 5.41) is 12.0. The molecule has 1 aliphatic carbocycles. The first-order valence-corrected chi connectivity index (χ1v) is 9.38. The molecular formula is C23H25NO5. The Morgan fingerprint density at radius 2 is 1.72 bits per heavy atom. The molecule has 2 N–H and O–H groups in total. The number of ether oxygens (including phenoxy) is 2. The fourth-order valence-corrected chi connectivity index (χ4v) is 3.84. The lowest BCUT2D eigenvalue weighted by molar-refractivity contribution is -0.142. The summed E-state index contributed by atoms with van der Waals surface area (Å²) in [4.78, 5) is 24.2. The minimum atomic E-state index is -1.23. The van der Waals surface area contributed by atoms with Crippen molar-refractivity contribution in [1.29, 1.82) is 0 Å². The highest BCUT2D eigenvalue weighted by Crippen LogP contribution is 2.44. The molecule has 0 fully saturated rings. The van der Waals surface area contributed by atoms with Crippen molar-refractivity contribution in [2.75, 3.05) is 20.3 Å². The average Bonchev–Trinajstić information content (AvgIpc) is 3.04. The number of hydrogen-bond acceptors (Lipinski definition) is 4. The van der Waals surface area contributed by atoms with Crippen LogP contribution in [0, 0.1) is 5.41 Å². The quantitative estimate of drug-likeness (QED) is 0.664. The SMILES string of the molecule is C=C[C@@](C)(COC)[C@@H](NC(=O)OCC1c2ccccc2-c2ccccc21)C(=O)O. The van der Waals surface area contributed by atoms with E-state index in [2.05, 4.69) is 24.0 Å². The highest BCUT2D eigenvalue weighted by Gasteiger charge is 2.39. The molecule has 152 valence electrons.